The van der Waals surface area contributed by atoms with Crippen LogP contribution in [0, 0.1) is 0 Å². The summed E-state index contributed by atoms with van der Waals surface area (Å²) >= 11 is 0. The molecule has 1 heterocycles. The van der Waals surface area contributed by atoms with Gasteiger partial charge >= 0.3 is 5.97 Å². The number of benzene rings is 1. The Hall–Kier alpha value is -1.55. The molecular formula is C11H13NO3. The smallest absolute Gasteiger partial charge is 0.324 e. The summed E-state index contributed by atoms with van der Waals surface area (Å²) in [5.74, 6) is 0.602. The minimum Gasteiger partial charge on any atom is -0.497 e. The van der Waals surface area contributed by atoms with Gasteiger partial charge in [-0.25, -0.2) is 0 Å². The van der Waals surface area contributed by atoms with E-state index in [1.54, 1.807) is 7.11 Å². The van der Waals surface area contributed by atoms with Gasteiger partial charge in [0.05, 0.1) is 20.3 Å². The van der Waals surface area contributed by atoms with Crippen LogP contribution in [-0.4, -0.2) is 26.2 Å². The Morgan fingerprint density at radius 2 is 1.93 bits per heavy atom. The van der Waals surface area contributed by atoms with Crippen molar-refractivity contribution in [2.24, 2.45) is 0 Å². The molecule has 1 aliphatic heterocycles. The topological polar surface area (TPSA) is 57.5 Å². The number of carbonyl (C=O) groups excluding carboxylic acids is 1. The average molecular weight is 207 g/mol. The maximum Gasteiger partial charge on any atom is 0.324 e. The van der Waals surface area contributed by atoms with Gasteiger partial charge in [0.1, 0.15) is 11.8 Å². The molecule has 0 radical (unpaired) electrons. The van der Waals surface area contributed by atoms with Crippen LogP contribution in [0.4, 0.5) is 0 Å². The van der Waals surface area contributed by atoms with E-state index in [0.29, 0.717) is 0 Å². The summed E-state index contributed by atoms with van der Waals surface area (Å²) in [6, 6.07) is 7.54. The highest BCUT2D eigenvalue weighted by molar-refractivity contribution is 5.80. The van der Waals surface area contributed by atoms with E-state index in [1.807, 2.05) is 24.3 Å². The van der Waals surface area contributed by atoms with Gasteiger partial charge in [0.2, 0.25) is 0 Å². The van der Waals surface area contributed by atoms with Crippen LogP contribution in [0.3, 0.4) is 0 Å². The molecule has 1 aliphatic rings. The standard InChI is InChI=1S/C11H13NO3/c1-14-8-5-3-7(4-6-8)9-10(12-9)11(13)15-2/h3-6,9-10,12H,1-2H3/t9-,10-/m1/s1. The summed E-state index contributed by atoms with van der Waals surface area (Å²) in [5, 5.41) is 3.06. The fraction of sp³-hybridized carbons (Fsp3) is 0.364. The summed E-state index contributed by atoms with van der Waals surface area (Å²) < 4.78 is 9.70. The highest BCUT2D eigenvalue weighted by Crippen LogP contribution is 2.31. The molecule has 1 N–H and O–H groups in total. The first kappa shape index (κ1) is 9.98. The molecule has 0 aromatic heterocycles. The summed E-state index contributed by atoms with van der Waals surface area (Å²) in [5.41, 5.74) is 1.08. The van der Waals surface area contributed by atoms with Crippen LogP contribution in [0.2, 0.25) is 0 Å². The van der Waals surface area contributed by atoms with Crippen molar-refractivity contribution in [3.8, 4) is 5.75 Å². The molecule has 80 valence electrons. The van der Waals surface area contributed by atoms with Gasteiger partial charge in [0.25, 0.3) is 0 Å². The van der Waals surface area contributed by atoms with Crippen LogP contribution in [0.25, 0.3) is 0 Å². The molecule has 0 unspecified atom stereocenters. The molecule has 4 heteroatoms. The number of carbonyl (C=O) groups is 1. The highest BCUT2D eigenvalue weighted by Gasteiger charge is 2.44. The van der Waals surface area contributed by atoms with E-state index in [1.165, 1.54) is 7.11 Å². The second kappa shape index (κ2) is 3.90. The lowest BCUT2D eigenvalue weighted by molar-refractivity contribution is -0.140. The van der Waals surface area contributed by atoms with Crippen LogP contribution in [0.5, 0.6) is 5.75 Å². The summed E-state index contributed by atoms with van der Waals surface area (Å²) in [6.45, 7) is 0. The van der Waals surface area contributed by atoms with E-state index in [-0.39, 0.29) is 18.1 Å². The van der Waals surface area contributed by atoms with Crippen molar-refractivity contribution in [1.82, 2.24) is 5.32 Å². The molecule has 0 aliphatic carbocycles. The normalized spacial score (nSPS) is 23.3. The fourth-order valence-electron chi connectivity index (χ4n) is 1.57. The molecule has 0 amide bonds. The molecule has 2 atom stereocenters. The van der Waals surface area contributed by atoms with Gasteiger partial charge in [-0.1, -0.05) is 12.1 Å². The van der Waals surface area contributed by atoms with Gasteiger partial charge in [0.15, 0.2) is 0 Å². The number of hydrogen-bond donors (Lipinski definition) is 1. The zero-order chi connectivity index (χ0) is 10.8. The molecule has 0 saturated carbocycles. The maximum absolute atomic E-state index is 11.2. The van der Waals surface area contributed by atoms with Crippen molar-refractivity contribution < 1.29 is 14.3 Å². The number of esters is 1. The lowest BCUT2D eigenvalue weighted by Gasteiger charge is -2.01. The van der Waals surface area contributed by atoms with Crippen LogP contribution >= 0.6 is 0 Å². The van der Waals surface area contributed by atoms with Crippen LogP contribution < -0.4 is 10.1 Å². The molecule has 1 fully saturated rings. The Kier molecular flexibility index (Phi) is 2.60. The largest absolute Gasteiger partial charge is 0.497 e. The molecule has 2 rings (SSSR count). The lowest BCUT2D eigenvalue weighted by Crippen LogP contribution is -2.11. The zero-order valence-electron chi connectivity index (χ0n) is 8.69. The predicted molar refractivity (Wildman–Crippen MR) is 54.7 cm³/mol. The molecule has 1 aromatic rings. The number of methoxy groups -OCH3 is 2. The van der Waals surface area contributed by atoms with Crippen molar-refractivity contribution in [1.29, 1.82) is 0 Å². The summed E-state index contributed by atoms with van der Waals surface area (Å²) in [6.07, 6.45) is 0. The maximum atomic E-state index is 11.2. The third kappa shape index (κ3) is 1.94. The van der Waals surface area contributed by atoms with Crippen molar-refractivity contribution in [2.75, 3.05) is 14.2 Å². The second-order valence-corrected chi connectivity index (χ2v) is 3.42. The molecule has 0 bridgehead atoms. The quantitative estimate of drug-likeness (QED) is 0.590. The van der Waals surface area contributed by atoms with Crippen LogP contribution in [-0.2, 0) is 9.53 Å². The van der Waals surface area contributed by atoms with Gasteiger partial charge in [-0.2, -0.15) is 0 Å². The zero-order valence-corrected chi connectivity index (χ0v) is 8.69. The minimum absolute atomic E-state index is 0.0864. The monoisotopic (exact) mass is 207 g/mol. The average Bonchev–Trinajstić information content (AvgIpc) is 3.08. The van der Waals surface area contributed by atoms with E-state index in [9.17, 15) is 4.79 Å². The van der Waals surface area contributed by atoms with E-state index < -0.39 is 0 Å². The Balaban J connectivity index is 2.04. The number of rotatable bonds is 3. The van der Waals surface area contributed by atoms with Crippen molar-refractivity contribution in [2.45, 2.75) is 12.1 Å². The Labute approximate surface area is 88.2 Å². The molecule has 4 nitrogen and oxygen atoms in total. The first-order valence-corrected chi connectivity index (χ1v) is 4.74. The summed E-state index contributed by atoms with van der Waals surface area (Å²) in [7, 11) is 3.02. The predicted octanol–water partition coefficient (Wildman–Crippen LogP) is 0.881. The van der Waals surface area contributed by atoms with Crippen molar-refractivity contribution in [3.63, 3.8) is 0 Å². The van der Waals surface area contributed by atoms with E-state index in [2.05, 4.69) is 10.1 Å². The van der Waals surface area contributed by atoms with Crippen molar-refractivity contribution >= 4 is 5.97 Å². The third-order valence-corrected chi connectivity index (χ3v) is 2.51. The van der Waals surface area contributed by atoms with Crippen LogP contribution in [0.15, 0.2) is 24.3 Å². The Bertz CT molecular complexity index is 361. The fourth-order valence-corrected chi connectivity index (χ4v) is 1.57. The van der Waals surface area contributed by atoms with E-state index in [0.717, 1.165) is 11.3 Å². The first-order valence-electron chi connectivity index (χ1n) is 4.74. The second-order valence-electron chi connectivity index (χ2n) is 3.42. The summed E-state index contributed by atoms with van der Waals surface area (Å²) in [4.78, 5) is 11.2. The van der Waals surface area contributed by atoms with Gasteiger partial charge < -0.3 is 9.47 Å². The number of ether oxygens (including phenoxy) is 2. The molecule has 1 saturated heterocycles. The SMILES string of the molecule is COC(=O)[C@@H]1N[C@@H]1c1ccc(OC)cc1. The Morgan fingerprint density at radius 3 is 2.47 bits per heavy atom. The minimum atomic E-state index is -0.212. The Morgan fingerprint density at radius 1 is 1.27 bits per heavy atom. The number of nitrogens with one attached hydrogen (secondary N) is 1. The third-order valence-electron chi connectivity index (χ3n) is 2.51. The van der Waals surface area contributed by atoms with Gasteiger partial charge in [0, 0.05) is 0 Å². The molecule has 1 aromatic carbocycles. The molecular weight excluding hydrogens is 194 g/mol. The van der Waals surface area contributed by atoms with Crippen LogP contribution in [0.1, 0.15) is 11.6 Å². The van der Waals surface area contributed by atoms with Gasteiger partial charge in [-0.05, 0) is 17.7 Å². The van der Waals surface area contributed by atoms with Gasteiger partial charge in [-0.3, -0.25) is 10.1 Å². The highest BCUT2D eigenvalue weighted by atomic mass is 16.5. The molecule has 15 heavy (non-hydrogen) atoms. The first-order chi connectivity index (χ1) is 7.26. The number of hydrogen-bond acceptors (Lipinski definition) is 4. The van der Waals surface area contributed by atoms with E-state index >= 15 is 0 Å². The van der Waals surface area contributed by atoms with Crippen molar-refractivity contribution in [3.05, 3.63) is 29.8 Å². The molecule has 0 spiro atoms. The lowest BCUT2D eigenvalue weighted by atomic mass is 10.1. The van der Waals surface area contributed by atoms with E-state index in [4.69, 9.17) is 4.74 Å². The van der Waals surface area contributed by atoms with Gasteiger partial charge in [-0.15, -0.1) is 0 Å².